The number of nitrogens with one attached hydrogen (secondary N) is 1. The van der Waals surface area contributed by atoms with Crippen molar-refractivity contribution in [1.29, 1.82) is 0 Å². The third kappa shape index (κ3) is 6.69. The Morgan fingerprint density at radius 1 is 0.884 bits per heavy atom. The maximum absolute atomic E-state index is 13.9. The number of para-hydroxylation sites is 1. The van der Waals surface area contributed by atoms with Crippen LogP contribution in [0, 0.1) is 11.8 Å². The zero-order valence-electron chi connectivity index (χ0n) is 25.0. The van der Waals surface area contributed by atoms with Gasteiger partial charge in [-0.3, -0.25) is 14.6 Å². The predicted molar refractivity (Wildman–Crippen MR) is 173 cm³/mol. The smallest absolute Gasteiger partial charge is 0.187 e. The quantitative estimate of drug-likeness (QED) is 0.355. The van der Waals surface area contributed by atoms with E-state index in [0.717, 1.165) is 31.5 Å². The van der Waals surface area contributed by atoms with Crippen LogP contribution in [-0.4, -0.2) is 69.3 Å². The number of aliphatic imine (C=N–C) groups is 3. The van der Waals surface area contributed by atoms with Gasteiger partial charge < -0.3 is 19.5 Å². The van der Waals surface area contributed by atoms with Crippen molar-refractivity contribution < 1.29 is 23.8 Å². The zero-order chi connectivity index (χ0) is 29.1. The summed E-state index contributed by atoms with van der Waals surface area (Å²) in [6, 6.07) is 13.3. The summed E-state index contributed by atoms with van der Waals surface area (Å²) in [5.41, 5.74) is 2.39. The fraction of sp³-hybridized carbons (Fsp3) is 0.406. The molecule has 3 aliphatic rings. The van der Waals surface area contributed by atoms with Gasteiger partial charge >= 0.3 is 0 Å². The second kappa shape index (κ2) is 14.3. The summed E-state index contributed by atoms with van der Waals surface area (Å²) < 4.78 is 16.2. The first-order valence-electron chi connectivity index (χ1n) is 13.9. The number of fused-ring (bicyclic) bond motifs is 2. The molecule has 0 fully saturated rings. The number of Topliss-reactive ketones (excluding diaryl/α,β-unsaturated/α-hetero) is 2. The van der Waals surface area contributed by atoms with Crippen molar-refractivity contribution in [3.63, 3.8) is 0 Å². The van der Waals surface area contributed by atoms with Gasteiger partial charge in [-0.15, -0.1) is 24.8 Å². The third-order valence-corrected chi connectivity index (χ3v) is 7.91. The van der Waals surface area contributed by atoms with E-state index in [4.69, 9.17) is 19.2 Å². The number of halogens is 2. The molecule has 2 unspecified atom stereocenters. The van der Waals surface area contributed by atoms with Crippen LogP contribution in [0.25, 0.3) is 0 Å². The number of amidine groups is 1. The molecule has 0 saturated heterocycles. The molecule has 1 N–H and O–H groups in total. The first-order chi connectivity index (χ1) is 19.8. The zero-order valence-corrected chi connectivity index (χ0v) is 26.6. The Labute approximate surface area is 264 Å². The van der Waals surface area contributed by atoms with Gasteiger partial charge in [0.05, 0.1) is 32.8 Å². The molecule has 2 aliphatic heterocycles. The van der Waals surface area contributed by atoms with Crippen molar-refractivity contribution >= 4 is 54.1 Å². The van der Waals surface area contributed by atoms with Crippen LogP contribution < -0.4 is 19.5 Å². The van der Waals surface area contributed by atoms with Crippen LogP contribution in [-0.2, 0) is 16.0 Å². The van der Waals surface area contributed by atoms with Crippen molar-refractivity contribution in [2.45, 2.75) is 38.6 Å². The summed E-state index contributed by atoms with van der Waals surface area (Å²) >= 11 is 0. The van der Waals surface area contributed by atoms with Crippen molar-refractivity contribution in [1.82, 2.24) is 5.32 Å². The fourth-order valence-corrected chi connectivity index (χ4v) is 5.64. The molecule has 0 aromatic heterocycles. The van der Waals surface area contributed by atoms with Crippen molar-refractivity contribution in [2.75, 3.05) is 34.4 Å². The number of methoxy groups -OCH3 is 3. The maximum Gasteiger partial charge on any atom is 0.187 e. The second-order valence-corrected chi connectivity index (χ2v) is 10.9. The molecular weight excluding hydrogens is 591 g/mol. The number of ether oxygens (including phenoxy) is 3. The molecule has 2 heterocycles. The number of hydrogen-bond acceptors (Lipinski definition) is 9. The van der Waals surface area contributed by atoms with Gasteiger partial charge in [0.1, 0.15) is 22.7 Å². The maximum atomic E-state index is 13.9. The summed E-state index contributed by atoms with van der Waals surface area (Å²) in [5, 5.41) is 3.47. The number of rotatable bonds is 11. The minimum atomic E-state index is -0.895. The molecular formula is C32H38Cl2N4O5. The number of benzene rings is 2. The Kier molecular flexibility index (Phi) is 11.3. The molecule has 2 atom stereocenters. The average Bonchev–Trinajstić information content (AvgIpc) is 3.43. The first-order valence-corrected chi connectivity index (χ1v) is 13.9. The van der Waals surface area contributed by atoms with E-state index in [1.54, 1.807) is 41.4 Å². The lowest BCUT2D eigenvalue weighted by molar-refractivity contribution is -0.131. The lowest BCUT2D eigenvalue weighted by atomic mass is 9.67. The highest BCUT2D eigenvalue weighted by atomic mass is 35.5. The Morgan fingerprint density at radius 2 is 1.60 bits per heavy atom. The summed E-state index contributed by atoms with van der Waals surface area (Å²) in [7, 11) is 4.84. The summed E-state index contributed by atoms with van der Waals surface area (Å²) in [6.45, 7) is 5.09. The van der Waals surface area contributed by atoms with E-state index in [0.29, 0.717) is 52.1 Å². The number of hydrogen-bond donors (Lipinski definition) is 1. The standard InChI is InChI=1S/C32H36N4O5.2ClH/c1-32(2)30(38)26-21(10-8-15-33-16-14-19-12-13-24(40-4)25(17-19)41-5)29(37)28-27(22(26)18-34-32)35-31(36-28)20-9-6-7-11-23(20)39-3;;/h6-7,9,11-13,17-18,21,26,33H,8,10,14-16H2,1-5H3;2*1H. The van der Waals surface area contributed by atoms with Crippen LogP contribution in [0.1, 0.15) is 37.8 Å². The van der Waals surface area contributed by atoms with Crippen molar-refractivity contribution in [3.05, 3.63) is 64.9 Å². The van der Waals surface area contributed by atoms with E-state index in [-0.39, 0.29) is 36.4 Å². The van der Waals surface area contributed by atoms with Gasteiger partial charge in [0, 0.05) is 17.7 Å². The van der Waals surface area contributed by atoms with Gasteiger partial charge in [-0.25, -0.2) is 9.98 Å². The normalized spacial score (nSPS) is 19.8. The Balaban J connectivity index is 0.00000253. The highest BCUT2D eigenvalue weighted by Gasteiger charge is 2.51. The molecule has 0 spiro atoms. The Hall–Kier alpha value is -3.53. The third-order valence-electron chi connectivity index (χ3n) is 7.91. The van der Waals surface area contributed by atoms with Gasteiger partial charge in [-0.05, 0) is 76.0 Å². The van der Waals surface area contributed by atoms with Gasteiger partial charge in [0.15, 0.2) is 28.9 Å². The highest BCUT2D eigenvalue weighted by molar-refractivity contribution is 6.52. The van der Waals surface area contributed by atoms with Gasteiger partial charge in [0.2, 0.25) is 0 Å². The SMILES string of the molecule is COc1ccc(CCNCCCC2C(=O)C3=NC(c4ccccc4OC)=NC3=C3C=NC(C)(C)C(=O)C32)cc1OC.Cl.Cl. The number of carbonyl (C=O) groups is 2. The van der Waals surface area contributed by atoms with Gasteiger partial charge in [0.25, 0.3) is 0 Å². The summed E-state index contributed by atoms with van der Waals surface area (Å²) in [4.78, 5) is 41.4. The largest absolute Gasteiger partial charge is 0.496 e. The van der Waals surface area contributed by atoms with Crippen LogP contribution in [0.4, 0.5) is 0 Å². The highest BCUT2D eigenvalue weighted by Crippen LogP contribution is 2.42. The Bertz CT molecular complexity index is 1500. The van der Waals surface area contributed by atoms with Crippen LogP contribution in [0.2, 0.25) is 0 Å². The molecule has 0 saturated carbocycles. The lowest BCUT2D eigenvalue weighted by Gasteiger charge is -2.37. The van der Waals surface area contributed by atoms with Gasteiger partial charge in [-0.2, -0.15) is 0 Å². The number of ketones is 2. The van der Waals surface area contributed by atoms with E-state index < -0.39 is 17.4 Å². The molecule has 0 radical (unpaired) electrons. The van der Waals surface area contributed by atoms with Crippen molar-refractivity contribution in [2.24, 2.45) is 26.8 Å². The van der Waals surface area contributed by atoms with E-state index in [1.807, 2.05) is 42.5 Å². The fourth-order valence-electron chi connectivity index (χ4n) is 5.64. The number of carbonyl (C=O) groups excluding carboxylic acids is 2. The van der Waals surface area contributed by atoms with Crippen LogP contribution in [0.3, 0.4) is 0 Å². The minimum absolute atomic E-state index is 0. The summed E-state index contributed by atoms with van der Waals surface area (Å²) in [6.07, 6.45) is 3.85. The molecule has 0 amide bonds. The number of nitrogens with zero attached hydrogens (tertiary/aromatic N) is 3. The molecule has 0 bridgehead atoms. The van der Waals surface area contributed by atoms with E-state index >= 15 is 0 Å². The second-order valence-electron chi connectivity index (χ2n) is 10.9. The van der Waals surface area contributed by atoms with Crippen LogP contribution in [0.15, 0.2) is 68.7 Å². The number of allylic oxidation sites excluding steroid dienone is 2. The molecule has 43 heavy (non-hydrogen) atoms. The minimum Gasteiger partial charge on any atom is -0.496 e. The first kappa shape index (κ1) is 34.0. The van der Waals surface area contributed by atoms with Gasteiger partial charge in [-0.1, -0.05) is 18.2 Å². The predicted octanol–water partition coefficient (Wildman–Crippen LogP) is 4.87. The molecule has 230 valence electrons. The van der Waals surface area contributed by atoms with Crippen molar-refractivity contribution in [3.8, 4) is 17.2 Å². The van der Waals surface area contributed by atoms with E-state index in [9.17, 15) is 9.59 Å². The average molecular weight is 630 g/mol. The molecule has 2 aromatic carbocycles. The monoisotopic (exact) mass is 628 g/mol. The molecule has 9 nitrogen and oxygen atoms in total. The lowest BCUT2D eigenvalue weighted by Crippen LogP contribution is -2.49. The molecule has 5 rings (SSSR count). The summed E-state index contributed by atoms with van der Waals surface area (Å²) in [5.74, 6) is 1.16. The molecule has 11 heteroatoms. The molecule has 1 aliphatic carbocycles. The molecule has 2 aromatic rings. The topological polar surface area (TPSA) is 111 Å². The van der Waals surface area contributed by atoms with Crippen LogP contribution >= 0.6 is 24.8 Å². The van der Waals surface area contributed by atoms with E-state index in [1.165, 1.54) is 0 Å². The van der Waals surface area contributed by atoms with Crippen LogP contribution in [0.5, 0.6) is 17.2 Å². The van der Waals surface area contributed by atoms with E-state index in [2.05, 4.69) is 15.3 Å². The Morgan fingerprint density at radius 3 is 2.33 bits per heavy atom.